The molecule has 0 bridgehead atoms. The molecule has 1 aromatic carbocycles. The second-order valence-corrected chi connectivity index (χ2v) is 7.30. The number of nitro benzene ring substituents is 1. The molecule has 27 heavy (non-hydrogen) atoms. The van der Waals surface area contributed by atoms with Crippen LogP contribution in [0.4, 0.5) is 11.4 Å². The zero-order valence-electron chi connectivity index (χ0n) is 15.4. The summed E-state index contributed by atoms with van der Waals surface area (Å²) in [7, 11) is 0. The number of fused-ring (bicyclic) bond motifs is 1. The van der Waals surface area contributed by atoms with Gasteiger partial charge in [0.15, 0.2) is 11.6 Å². The summed E-state index contributed by atoms with van der Waals surface area (Å²) in [6.45, 7) is 3.06. The summed E-state index contributed by atoms with van der Waals surface area (Å²) in [5.41, 5.74) is 0.890. The highest BCUT2D eigenvalue weighted by Gasteiger charge is 2.35. The van der Waals surface area contributed by atoms with Gasteiger partial charge in [-0.05, 0) is 44.7 Å². The smallest absolute Gasteiger partial charge is 0.293 e. The van der Waals surface area contributed by atoms with Crippen molar-refractivity contribution in [3.8, 4) is 0 Å². The third-order valence-corrected chi connectivity index (χ3v) is 5.58. The highest BCUT2D eigenvalue weighted by Crippen LogP contribution is 2.40. The summed E-state index contributed by atoms with van der Waals surface area (Å²) in [6, 6.07) is 4.74. The molecule has 2 aromatic rings. The SMILES string of the molecule is CC(=O)c1ccc(N2CCC[C@@H]2c2nnc3n2CCCCC3)c([N+](=O)[O-])c1. The Morgan fingerprint density at radius 1 is 1.19 bits per heavy atom. The van der Waals surface area contributed by atoms with Gasteiger partial charge in [0.25, 0.3) is 5.69 Å². The number of carbonyl (C=O) groups excluding carboxylic acids is 1. The molecular weight excluding hydrogens is 346 g/mol. The van der Waals surface area contributed by atoms with Crippen LogP contribution >= 0.6 is 0 Å². The molecule has 1 atom stereocenters. The van der Waals surface area contributed by atoms with Gasteiger partial charge in [-0.3, -0.25) is 14.9 Å². The summed E-state index contributed by atoms with van der Waals surface area (Å²) in [5, 5.41) is 20.5. The Balaban J connectivity index is 1.73. The highest BCUT2D eigenvalue weighted by molar-refractivity contribution is 5.95. The number of anilines is 1. The van der Waals surface area contributed by atoms with Gasteiger partial charge in [-0.15, -0.1) is 10.2 Å². The lowest BCUT2D eigenvalue weighted by atomic mass is 10.1. The molecule has 0 N–H and O–H groups in total. The number of nitro groups is 1. The maximum atomic E-state index is 11.7. The molecule has 0 unspecified atom stereocenters. The van der Waals surface area contributed by atoms with Crippen molar-refractivity contribution >= 4 is 17.2 Å². The van der Waals surface area contributed by atoms with Crippen LogP contribution in [0.3, 0.4) is 0 Å². The number of nitrogens with zero attached hydrogens (tertiary/aromatic N) is 5. The normalized spacial score (nSPS) is 19.6. The van der Waals surface area contributed by atoms with E-state index in [0.29, 0.717) is 11.3 Å². The fourth-order valence-corrected chi connectivity index (χ4v) is 4.21. The van der Waals surface area contributed by atoms with E-state index in [-0.39, 0.29) is 17.5 Å². The number of ketones is 1. The number of Topliss-reactive ketones (excluding diaryl/α,β-unsaturated/α-hetero) is 1. The van der Waals surface area contributed by atoms with Gasteiger partial charge < -0.3 is 9.47 Å². The third kappa shape index (κ3) is 3.20. The van der Waals surface area contributed by atoms with Crippen molar-refractivity contribution in [1.82, 2.24) is 14.8 Å². The van der Waals surface area contributed by atoms with Crippen molar-refractivity contribution in [2.45, 2.75) is 58.0 Å². The van der Waals surface area contributed by atoms with Gasteiger partial charge in [-0.2, -0.15) is 0 Å². The minimum atomic E-state index is -0.401. The summed E-state index contributed by atoms with van der Waals surface area (Å²) >= 11 is 0. The maximum absolute atomic E-state index is 11.7. The molecule has 0 radical (unpaired) electrons. The van der Waals surface area contributed by atoms with Crippen molar-refractivity contribution < 1.29 is 9.72 Å². The number of benzene rings is 1. The van der Waals surface area contributed by atoms with E-state index in [9.17, 15) is 14.9 Å². The Morgan fingerprint density at radius 2 is 2.04 bits per heavy atom. The van der Waals surface area contributed by atoms with E-state index in [2.05, 4.69) is 19.7 Å². The molecule has 0 amide bonds. The van der Waals surface area contributed by atoms with Crippen LogP contribution < -0.4 is 4.90 Å². The van der Waals surface area contributed by atoms with E-state index in [0.717, 1.165) is 56.8 Å². The molecule has 1 aromatic heterocycles. The van der Waals surface area contributed by atoms with Gasteiger partial charge in [0, 0.05) is 31.1 Å². The highest BCUT2D eigenvalue weighted by atomic mass is 16.6. The molecule has 1 fully saturated rings. The topological polar surface area (TPSA) is 94.2 Å². The predicted molar refractivity (Wildman–Crippen MR) is 100.0 cm³/mol. The first-order chi connectivity index (χ1) is 13.1. The Morgan fingerprint density at radius 3 is 2.81 bits per heavy atom. The standard InChI is InChI=1S/C19H23N5O3/c1-13(25)14-8-9-15(17(12-14)24(26)27)22-11-5-6-16(22)19-21-20-18-7-3-2-4-10-23(18)19/h8-9,12,16H,2-7,10-11H2,1H3/t16-/m1/s1. The lowest BCUT2D eigenvalue weighted by Crippen LogP contribution is -2.26. The second kappa shape index (κ2) is 7.09. The number of aryl methyl sites for hydroxylation is 1. The van der Waals surface area contributed by atoms with E-state index in [1.165, 1.54) is 19.4 Å². The van der Waals surface area contributed by atoms with E-state index in [1.54, 1.807) is 12.1 Å². The lowest BCUT2D eigenvalue weighted by Gasteiger charge is -2.26. The Hall–Kier alpha value is -2.77. The van der Waals surface area contributed by atoms with E-state index in [1.807, 2.05) is 0 Å². The molecule has 2 aliphatic rings. The predicted octanol–water partition coefficient (Wildman–Crippen LogP) is 3.46. The summed E-state index contributed by atoms with van der Waals surface area (Å²) in [4.78, 5) is 25.0. The average Bonchev–Trinajstić information content (AvgIpc) is 3.21. The molecule has 8 heteroatoms. The average molecular weight is 369 g/mol. The second-order valence-electron chi connectivity index (χ2n) is 7.30. The van der Waals surface area contributed by atoms with Gasteiger partial charge in [0.1, 0.15) is 11.5 Å². The zero-order chi connectivity index (χ0) is 19.0. The van der Waals surface area contributed by atoms with Crippen molar-refractivity contribution in [2.24, 2.45) is 0 Å². The van der Waals surface area contributed by atoms with Crippen molar-refractivity contribution in [3.63, 3.8) is 0 Å². The van der Waals surface area contributed by atoms with Crippen LogP contribution in [0.2, 0.25) is 0 Å². The Kier molecular flexibility index (Phi) is 4.63. The van der Waals surface area contributed by atoms with Crippen molar-refractivity contribution in [2.75, 3.05) is 11.4 Å². The van der Waals surface area contributed by atoms with Crippen LogP contribution in [0.15, 0.2) is 18.2 Å². The van der Waals surface area contributed by atoms with Crippen LogP contribution in [0, 0.1) is 10.1 Å². The van der Waals surface area contributed by atoms with Crippen LogP contribution in [-0.4, -0.2) is 32.0 Å². The first-order valence-electron chi connectivity index (χ1n) is 9.54. The fourth-order valence-electron chi connectivity index (χ4n) is 4.21. The molecular formula is C19H23N5O3. The number of hydrogen-bond donors (Lipinski definition) is 0. The number of hydrogen-bond acceptors (Lipinski definition) is 6. The molecule has 8 nitrogen and oxygen atoms in total. The van der Waals surface area contributed by atoms with E-state index >= 15 is 0 Å². The molecule has 0 saturated carbocycles. The van der Waals surface area contributed by atoms with Crippen LogP contribution in [0.5, 0.6) is 0 Å². The summed E-state index contributed by atoms with van der Waals surface area (Å²) in [6.07, 6.45) is 6.20. The monoisotopic (exact) mass is 369 g/mol. The van der Waals surface area contributed by atoms with Gasteiger partial charge in [0.2, 0.25) is 0 Å². The fraction of sp³-hybridized carbons (Fsp3) is 0.526. The van der Waals surface area contributed by atoms with Gasteiger partial charge >= 0.3 is 0 Å². The third-order valence-electron chi connectivity index (χ3n) is 5.58. The first kappa shape index (κ1) is 17.6. The quantitative estimate of drug-likeness (QED) is 0.465. The van der Waals surface area contributed by atoms with Crippen LogP contribution in [-0.2, 0) is 13.0 Å². The molecule has 1 saturated heterocycles. The molecule has 2 aliphatic heterocycles. The molecule has 0 spiro atoms. The van der Waals surface area contributed by atoms with E-state index < -0.39 is 4.92 Å². The van der Waals surface area contributed by atoms with Gasteiger partial charge in [0.05, 0.1) is 11.0 Å². The zero-order valence-corrected chi connectivity index (χ0v) is 15.4. The van der Waals surface area contributed by atoms with Crippen molar-refractivity contribution in [1.29, 1.82) is 0 Å². The molecule has 0 aliphatic carbocycles. The van der Waals surface area contributed by atoms with Crippen LogP contribution in [0.1, 0.15) is 67.1 Å². The summed E-state index contributed by atoms with van der Waals surface area (Å²) in [5.74, 6) is 1.76. The Labute approximate surface area is 157 Å². The van der Waals surface area contributed by atoms with Crippen molar-refractivity contribution in [3.05, 3.63) is 45.5 Å². The minimum absolute atomic E-state index is 0.0220. The molecule has 4 rings (SSSR count). The number of carbonyl (C=O) groups is 1. The number of rotatable bonds is 4. The molecule has 3 heterocycles. The van der Waals surface area contributed by atoms with E-state index in [4.69, 9.17) is 0 Å². The largest absolute Gasteiger partial charge is 0.356 e. The van der Waals surface area contributed by atoms with Gasteiger partial charge in [-0.1, -0.05) is 6.42 Å². The minimum Gasteiger partial charge on any atom is -0.356 e. The first-order valence-corrected chi connectivity index (χ1v) is 9.54. The number of aromatic nitrogens is 3. The lowest BCUT2D eigenvalue weighted by molar-refractivity contribution is -0.384. The molecule has 142 valence electrons. The Bertz CT molecular complexity index is 891. The summed E-state index contributed by atoms with van der Waals surface area (Å²) < 4.78 is 2.21. The van der Waals surface area contributed by atoms with Gasteiger partial charge in [-0.25, -0.2) is 0 Å². The maximum Gasteiger partial charge on any atom is 0.293 e. The van der Waals surface area contributed by atoms with Crippen LogP contribution in [0.25, 0.3) is 0 Å².